The van der Waals surface area contributed by atoms with Crippen molar-refractivity contribution in [2.24, 2.45) is 12.5 Å². The van der Waals surface area contributed by atoms with Crippen LogP contribution in [-0.2, 0) is 17.1 Å². The quantitative estimate of drug-likeness (QED) is 0.589. The highest BCUT2D eigenvalue weighted by molar-refractivity contribution is 7.89. The molecule has 2 aliphatic rings. The summed E-state index contributed by atoms with van der Waals surface area (Å²) >= 11 is 0. The SMILES string of the molecule is COc1cccc(S(=O)(=O)N2CCC3(CCN(C(=O)c4cn(C)c5ccccc45)C3)CC2)c1. The molecular formula is C25H29N3O4S. The van der Waals surface area contributed by atoms with E-state index in [0.29, 0.717) is 31.9 Å². The molecule has 2 saturated heterocycles. The minimum absolute atomic E-state index is 0.0133. The molecule has 5 rings (SSSR count). The molecule has 2 aromatic carbocycles. The summed E-state index contributed by atoms with van der Waals surface area (Å²) in [6, 6.07) is 14.6. The molecule has 0 atom stereocenters. The largest absolute Gasteiger partial charge is 0.497 e. The number of fused-ring (bicyclic) bond motifs is 1. The predicted octanol–water partition coefficient (Wildman–Crippen LogP) is 3.50. The number of rotatable bonds is 4. The summed E-state index contributed by atoms with van der Waals surface area (Å²) in [5.74, 6) is 0.595. The Hall–Kier alpha value is -2.84. The van der Waals surface area contributed by atoms with E-state index >= 15 is 0 Å². The lowest BCUT2D eigenvalue weighted by molar-refractivity contribution is 0.0752. The topological polar surface area (TPSA) is 71.9 Å². The van der Waals surface area contributed by atoms with Gasteiger partial charge in [0.05, 0.1) is 17.6 Å². The number of hydrogen-bond donors (Lipinski definition) is 0. The molecule has 0 unspecified atom stereocenters. The number of aryl methyl sites for hydroxylation is 1. The molecule has 1 spiro atoms. The standard InChI is InChI=1S/C25H29N3O4S/c1-26-17-22(21-8-3-4-9-23(21)26)24(29)27-13-10-25(18-27)11-14-28(15-12-25)33(30,31)20-7-5-6-19(16-20)32-2/h3-9,16-17H,10-15,18H2,1-2H3. The second kappa shape index (κ2) is 8.18. The van der Waals surface area contributed by atoms with Gasteiger partial charge in [0.25, 0.3) is 5.91 Å². The number of hydrogen-bond acceptors (Lipinski definition) is 4. The summed E-state index contributed by atoms with van der Waals surface area (Å²) in [7, 11) is -0.0743. The van der Waals surface area contributed by atoms with Crippen molar-refractivity contribution >= 4 is 26.8 Å². The highest BCUT2D eigenvalue weighted by atomic mass is 32.2. The van der Waals surface area contributed by atoms with E-state index in [1.54, 1.807) is 28.6 Å². The second-order valence-corrected chi connectivity index (χ2v) is 11.2. The fourth-order valence-corrected chi connectivity index (χ4v) is 6.79. The van der Waals surface area contributed by atoms with Gasteiger partial charge in [0.15, 0.2) is 0 Å². The smallest absolute Gasteiger partial charge is 0.256 e. The molecule has 0 aliphatic carbocycles. The number of methoxy groups -OCH3 is 1. The molecule has 2 aliphatic heterocycles. The van der Waals surface area contributed by atoms with E-state index in [1.165, 1.54) is 7.11 Å². The van der Waals surface area contributed by atoms with Crippen molar-refractivity contribution in [2.75, 3.05) is 33.3 Å². The summed E-state index contributed by atoms with van der Waals surface area (Å²) in [6.45, 7) is 2.33. The number of carbonyl (C=O) groups is 1. The van der Waals surface area contributed by atoms with Gasteiger partial charge in [-0.1, -0.05) is 24.3 Å². The number of aromatic nitrogens is 1. The first kappa shape index (κ1) is 22.0. The summed E-state index contributed by atoms with van der Waals surface area (Å²) < 4.78 is 35.1. The summed E-state index contributed by atoms with van der Waals surface area (Å²) in [4.78, 5) is 15.6. The van der Waals surface area contributed by atoms with Crippen LogP contribution in [0.25, 0.3) is 10.9 Å². The molecule has 7 nitrogen and oxygen atoms in total. The average molecular weight is 468 g/mol. The van der Waals surface area contributed by atoms with Crippen LogP contribution >= 0.6 is 0 Å². The lowest BCUT2D eigenvalue weighted by Gasteiger charge is -2.38. The molecule has 0 saturated carbocycles. The zero-order valence-electron chi connectivity index (χ0n) is 19.0. The van der Waals surface area contributed by atoms with Gasteiger partial charge in [0.1, 0.15) is 5.75 Å². The van der Waals surface area contributed by atoms with E-state index in [9.17, 15) is 13.2 Å². The zero-order chi connectivity index (χ0) is 23.2. The molecule has 1 aromatic heterocycles. The number of ether oxygens (including phenoxy) is 1. The molecule has 33 heavy (non-hydrogen) atoms. The van der Waals surface area contributed by atoms with Gasteiger partial charge in [-0.25, -0.2) is 8.42 Å². The van der Waals surface area contributed by atoms with E-state index in [-0.39, 0.29) is 16.2 Å². The lowest BCUT2D eigenvalue weighted by Crippen LogP contribution is -2.44. The van der Waals surface area contributed by atoms with Crippen LogP contribution in [0.2, 0.25) is 0 Å². The summed E-state index contributed by atoms with van der Waals surface area (Å²) in [6.07, 6.45) is 4.35. The number of para-hydroxylation sites is 1. The third-order valence-corrected chi connectivity index (χ3v) is 9.21. The number of nitrogens with zero attached hydrogens (tertiary/aromatic N) is 3. The molecular weight excluding hydrogens is 438 g/mol. The Morgan fingerprint density at radius 3 is 2.48 bits per heavy atom. The summed E-state index contributed by atoms with van der Waals surface area (Å²) in [5.41, 5.74) is 1.77. The number of carbonyl (C=O) groups excluding carboxylic acids is 1. The number of likely N-dealkylation sites (tertiary alicyclic amines) is 1. The van der Waals surface area contributed by atoms with E-state index in [2.05, 4.69) is 0 Å². The van der Waals surface area contributed by atoms with Crippen LogP contribution in [0.5, 0.6) is 5.75 Å². The Morgan fingerprint density at radius 2 is 1.73 bits per heavy atom. The number of sulfonamides is 1. The van der Waals surface area contributed by atoms with Gasteiger partial charge >= 0.3 is 0 Å². The monoisotopic (exact) mass is 467 g/mol. The molecule has 1 amide bonds. The van der Waals surface area contributed by atoms with Gasteiger partial charge < -0.3 is 14.2 Å². The van der Waals surface area contributed by atoms with Crippen LogP contribution in [-0.4, -0.2) is 61.4 Å². The van der Waals surface area contributed by atoms with E-state index in [4.69, 9.17) is 4.74 Å². The van der Waals surface area contributed by atoms with Crippen molar-refractivity contribution < 1.29 is 17.9 Å². The van der Waals surface area contributed by atoms with Crippen molar-refractivity contribution in [1.82, 2.24) is 13.8 Å². The number of benzene rings is 2. The first-order chi connectivity index (χ1) is 15.8. The zero-order valence-corrected chi connectivity index (χ0v) is 19.8. The van der Waals surface area contributed by atoms with Crippen molar-refractivity contribution in [2.45, 2.75) is 24.2 Å². The van der Waals surface area contributed by atoms with E-state index < -0.39 is 10.0 Å². The first-order valence-electron chi connectivity index (χ1n) is 11.3. The van der Waals surface area contributed by atoms with Gasteiger partial charge in [0, 0.05) is 56.4 Å². The Balaban J connectivity index is 1.29. The number of piperidine rings is 1. The maximum atomic E-state index is 13.4. The van der Waals surface area contributed by atoms with Crippen molar-refractivity contribution in [3.63, 3.8) is 0 Å². The average Bonchev–Trinajstić information content (AvgIpc) is 3.40. The Kier molecular flexibility index (Phi) is 5.45. The van der Waals surface area contributed by atoms with Gasteiger partial charge in [-0.2, -0.15) is 4.31 Å². The molecule has 8 heteroatoms. The van der Waals surface area contributed by atoms with Crippen LogP contribution in [0, 0.1) is 5.41 Å². The van der Waals surface area contributed by atoms with Crippen molar-refractivity contribution in [3.05, 3.63) is 60.3 Å². The fraction of sp³-hybridized carbons (Fsp3) is 0.400. The van der Waals surface area contributed by atoms with Gasteiger partial charge in [0.2, 0.25) is 10.0 Å². The normalized spacial score (nSPS) is 18.8. The Labute approximate surface area is 194 Å². The predicted molar refractivity (Wildman–Crippen MR) is 127 cm³/mol. The van der Waals surface area contributed by atoms with Crippen molar-refractivity contribution in [3.8, 4) is 5.75 Å². The fourth-order valence-electron chi connectivity index (χ4n) is 5.31. The molecule has 2 fully saturated rings. The van der Waals surface area contributed by atoms with E-state index in [1.807, 2.05) is 47.0 Å². The lowest BCUT2D eigenvalue weighted by atomic mass is 9.78. The van der Waals surface area contributed by atoms with Crippen LogP contribution in [0.1, 0.15) is 29.6 Å². The third kappa shape index (κ3) is 3.81. The van der Waals surface area contributed by atoms with Crippen LogP contribution in [0.4, 0.5) is 0 Å². The van der Waals surface area contributed by atoms with Gasteiger partial charge in [-0.05, 0) is 42.9 Å². The molecule has 0 N–H and O–H groups in total. The van der Waals surface area contributed by atoms with Crippen LogP contribution < -0.4 is 4.74 Å². The molecule has 0 radical (unpaired) electrons. The van der Waals surface area contributed by atoms with Crippen LogP contribution in [0.15, 0.2) is 59.6 Å². The molecule has 174 valence electrons. The van der Waals surface area contributed by atoms with Crippen LogP contribution in [0.3, 0.4) is 0 Å². The second-order valence-electron chi connectivity index (χ2n) is 9.23. The highest BCUT2D eigenvalue weighted by Crippen LogP contribution is 2.42. The highest BCUT2D eigenvalue weighted by Gasteiger charge is 2.44. The number of amides is 1. The maximum Gasteiger partial charge on any atom is 0.256 e. The van der Waals surface area contributed by atoms with Gasteiger partial charge in [-0.15, -0.1) is 0 Å². The summed E-state index contributed by atoms with van der Waals surface area (Å²) in [5, 5.41) is 0.977. The minimum atomic E-state index is -3.57. The van der Waals surface area contributed by atoms with Gasteiger partial charge in [-0.3, -0.25) is 4.79 Å². The molecule has 0 bridgehead atoms. The molecule has 3 aromatic rings. The van der Waals surface area contributed by atoms with Crippen molar-refractivity contribution in [1.29, 1.82) is 0 Å². The Bertz CT molecular complexity index is 1310. The first-order valence-corrected chi connectivity index (χ1v) is 12.7. The minimum Gasteiger partial charge on any atom is -0.497 e. The Morgan fingerprint density at radius 1 is 1.00 bits per heavy atom. The molecule has 3 heterocycles. The third-order valence-electron chi connectivity index (χ3n) is 7.31. The maximum absolute atomic E-state index is 13.4. The van der Waals surface area contributed by atoms with E-state index in [0.717, 1.165) is 35.7 Å².